The van der Waals surface area contributed by atoms with Crippen molar-refractivity contribution in [1.82, 2.24) is 4.98 Å². The molecule has 1 aromatic heterocycles. The number of nitrogens with two attached hydrogens (primary N) is 1. The van der Waals surface area contributed by atoms with Crippen molar-refractivity contribution in [2.75, 3.05) is 18.0 Å². The van der Waals surface area contributed by atoms with Gasteiger partial charge in [0.15, 0.2) is 0 Å². The summed E-state index contributed by atoms with van der Waals surface area (Å²) < 4.78 is 0. The lowest BCUT2D eigenvalue weighted by Gasteiger charge is -2.33. The molecule has 18 heavy (non-hydrogen) atoms. The highest BCUT2D eigenvalue weighted by molar-refractivity contribution is 5.47. The minimum absolute atomic E-state index is 0.246. The van der Waals surface area contributed by atoms with Crippen LogP contribution in [0.1, 0.15) is 38.7 Å². The van der Waals surface area contributed by atoms with Gasteiger partial charge in [-0.25, -0.2) is 4.98 Å². The lowest BCUT2D eigenvalue weighted by Crippen LogP contribution is -2.36. The molecule has 0 spiro atoms. The summed E-state index contributed by atoms with van der Waals surface area (Å²) in [6.45, 7) is 6.73. The van der Waals surface area contributed by atoms with Crippen LogP contribution in [0.15, 0.2) is 18.3 Å². The molecule has 1 aromatic rings. The summed E-state index contributed by atoms with van der Waals surface area (Å²) in [7, 11) is 0. The molecule has 0 aliphatic carbocycles. The number of nitrogens with zero attached hydrogens (tertiary/aromatic N) is 2. The standard InChI is InChI=1S/C15H25N3/c1-3-14(16)10-13-7-4-8-17-15(13)18-9-5-6-12(2)11-18/h4,7-8,12,14H,3,5-6,9-11,16H2,1-2H3. The molecule has 2 rings (SSSR count). The number of anilines is 1. The highest BCUT2D eigenvalue weighted by atomic mass is 15.2. The first kappa shape index (κ1) is 13.3. The maximum absolute atomic E-state index is 6.08. The molecule has 2 N–H and O–H groups in total. The van der Waals surface area contributed by atoms with Gasteiger partial charge in [-0.1, -0.05) is 19.9 Å². The minimum atomic E-state index is 0.246. The average molecular weight is 247 g/mol. The summed E-state index contributed by atoms with van der Waals surface area (Å²) >= 11 is 0. The number of piperidine rings is 1. The second kappa shape index (κ2) is 6.19. The van der Waals surface area contributed by atoms with E-state index >= 15 is 0 Å². The van der Waals surface area contributed by atoms with E-state index < -0.39 is 0 Å². The van der Waals surface area contributed by atoms with Gasteiger partial charge in [-0.15, -0.1) is 0 Å². The number of aromatic nitrogens is 1. The molecule has 0 bridgehead atoms. The predicted molar refractivity (Wildman–Crippen MR) is 76.8 cm³/mol. The van der Waals surface area contributed by atoms with Crippen LogP contribution in [-0.4, -0.2) is 24.1 Å². The number of rotatable bonds is 4. The summed E-state index contributed by atoms with van der Waals surface area (Å²) in [6.07, 6.45) is 6.47. The summed E-state index contributed by atoms with van der Waals surface area (Å²) in [5.41, 5.74) is 7.39. The van der Waals surface area contributed by atoms with Crippen LogP contribution in [0.3, 0.4) is 0 Å². The van der Waals surface area contributed by atoms with Crippen LogP contribution < -0.4 is 10.6 Å². The highest BCUT2D eigenvalue weighted by Gasteiger charge is 2.20. The first-order chi connectivity index (χ1) is 8.70. The van der Waals surface area contributed by atoms with E-state index in [9.17, 15) is 0 Å². The zero-order valence-corrected chi connectivity index (χ0v) is 11.6. The van der Waals surface area contributed by atoms with Crippen molar-refractivity contribution < 1.29 is 0 Å². The molecule has 2 heterocycles. The second-order valence-corrected chi connectivity index (χ2v) is 5.55. The SMILES string of the molecule is CCC(N)Cc1cccnc1N1CCCC(C)C1. The zero-order valence-electron chi connectivity index (χ0n) is 11.6. The lowest BCUT2D eigenvalue weighted by molar-refractivity contribution is 0.443. The van der Waals surface area contributed by atoms with Gasteiger partial charge in [0, 0.05) is 25.3 Å². The van der Waals surface area contributed by atoms with Gasteiger partial charge in [-0.3, -0.25) is 0 Å². The maximum Gasteiger partial charge on any atom is 0.131 e. The molecule has 2 atom stereocenters. The van der Waals surface area contributed by atoms with Gasteiger partial charge < -0.3 is 10.6 Å². The van der Waals surface area contributed by atoms with Crippen LogP contribution in [0, 0.1) is 5.92 Å². The molecule has 1 saturated heterocycles. The third kappa shape index (κ3) is 3.22. The quantitative estimate of drug-likeness (QED) is 0.889. The van der Waals surface area contributed by atoms with Gasteiger partial charge in [-0.2, -0.15) is 0 Å². The fourth-order valence-corrected chi connectivity index (χ4v) is 2.68. The van der Waals surface area contributed by atoms with E-state index in [0.29, 0.717) is 0 Å². The fraction of sp³-hybridized carbons (Fsp3) is 0.667. The van der Waals surface area contributed by atoms with Crippen LogP contribution in [0.25, 0.3) is 0 Å². The smallest absolute Gasteiger partial charge is 0.131 e. The van der Waals surface area contributed by atoms with Crippen molar-refractivity contribution in [3.63, 3.8) is 0 Å². The van der Waals surface area contributed by atoms with Gasteiger partial charge in [0.2, 0.25) is 0 Å². The first-order valence-electron chi connectivity index (χ1n) is 7.15. The Bertz CT molecular complexity index is 378. The fourth-order valence-electron chi connectivity index (χ4n) is 2.68. The predicted octanol–water partition coefficient (Wildman–Crippen LogP) is 2.60. The first-order valence-corrected chi connectivity index (χ1v) is 7.15. The summed E-state index contributed by atoms with van der Waals surface area (Å²) in [5, 5.41) is 0. The molecule has 100 valence electrons. The molecule has 0 aromatic carbocycles. The van der Waals surface area contributed by atoms with Crippen molar-refractivity contribution >= 4 is 5.82 Å². The minimum Gasteiger partial charge on any atom is -0.356 e. The molecule has 0 amide bonds. The van der Waals surface area contributed by atoms with Crippen LogP contribution in [0.5, 0.6) is 0 Å². The Labute approximate surface area is 110 Å². The third-order valence-corrected chi connectivity index (χ3v) is 3.83. The van der Waals surface area contributed by atoms with Gasteiger partial charge in [0.25, 0.3) is 0 Å². The molecule has 2 unspecified atom stereocenters. The largest absolute Gasteiger partial charge is 0.356 e. The molecular formula is C15H25N3. The van der Waals surface area contributed by atoms with E-state index in [1.807, 2.05) is 12.3 Å². The highest BCUT2D eigenvalue weighted by Crippen LogP contribution is 2.25. The molecule has 3 nitrogen and oxygen atoms in total. The molecular weight excluding hydrogens is 222 g/mol. The summed E-state index contributed by atoms with van der Waals surface area (Å²) in [6, 6.07) is 4.45. The van der Waals surface area contributed by atoms with E-state index in [1.165, 1.54) is 18.4 Å². The molecule has 1 fully saturated rings. The third-order valence-electron chi connectivity index (χ3n) is 3.83. The van der Waals surface area contributed by atoms with E-state index in [1.54, 1.807) is 0 Å². The Hall–Kier alpha value is -1.09. The normalized spacial score (nSPS) is 21.9. The summed E-state index contributed by atoms with van der Waals surface area (Å²) in [4.78, 5) is 7.03. The molecule has 1 aliphatic heterocycles. The Balaban J connectivity index is 2.15. The van der Waals surface area contributed by atoms with E-state index in [0.717, 1.165) is 37.7 Å². The van der Waals surface area contributed by atoms with Gasteiger partial charge >= 0.3 is 0 Å². The summed E-state index contributed by atoms with van der Waals surface area (Å²) in [5.74, 6) is 1.93. The van der Waals surface area contributed by atoms with Gasteiger partial charge in [0.05, 0.1) is 0 Å². The monoisotopic (exact) mass is 247 g/mol. The van der Waals surface area contributed by atoms with Gasteiger partial charge in [-0.05, 0) is 43.2 Å². The van der Waals surface area contributed by atoms with Crippen molar-refractivity contribution in [1.29, 1.82) is 0 Å². The van der Waals surface area contributed by atoms with Crippen LogP contribution in [0.4, 0.5) is 5.82 Å². The van der Waals surface area contributed by atoms with Crippen molar-refractivity contribution in [3.8, 4) is 0 Å². The van der Waals surface area contributed by atoms with Crippen molar-refractivity contribution in [3.05, 3.63) is 23.9 Å². The second-order valence-electron chi connectivity index (χ2n) is 5.55. The van der Waals surface area contributed by atoms with E-state index in [2.05, 4.69) is 29.8 Å². The Morgan fingerprint density at radius 3 is 3.11 bits per heavy atom. The Morgan fingerprint density at radius 2 is 2.39 bits per heavy atom. The van der Waals surface area contributed by atoms with E-state index in [-0.39, 0.29) is 6.04 Å². The van der Waals surface area contributed by atoms with Crippen molar-refractivity contribution in [2.24, 2.45) is 11.7 Å². The topological polar surface area (TPSA) is 42.1 Å². The Kier molecular flexibility index (Phi) is 4.59. The van der Waals surface area contributed by atoms with E-state index in [4.69, 9.17) is 5.73 Å². The molecule has 0 radical (unpaired) electrons. The van der Waals surface area contributed by atoms with Crippen LogP contribution in [0.2, 0.25) is 0 Å². The Morgan fingerprint density at radius 1 is 1.56 bits per heavy atom. The number of pyridine rings is 1. The average Bonchev–Trinajstić information content (AvgIpc) is 2.39. The molecule has 0 saturated carbocycles. The van der Waals surface area contributed by atoms with Crippen LogP contribution >= 0.6 is 0 Å². The molecule has 1 aliphatic rings. The van der Waals surface area contributed by atoms with Crippen molar-refractivity contribution in [2.45, 2.75) is 45.6 Å². The lowest BCUT2D eigenvalue weighted by atomic mass is 9.99. The number of hydrogen-bond acceptors (Lipinski definition) is 3. The van der Waals surface area contributed by atoms with Gasteiger partial charge in [0.1, 0.15) is 5.82 Å². The maximum atomic E-state index is 6.08. The zero-order chi connectivity index (χ0) is 13.0. The number of hydrogen-bond donors (Lipinski definition) is 1. The molecule has 3 heteroatoms. The van der Waals surface area contributed by atoms with Crippen LogP contribution in [-0.2, 0) is 6.42 Å².